The fourth-order valence-corrected chi connectivity index (χ4v) is 1.43. The summed E-state index contributed by atoms with van der Waals surface area (Å²) in [4.78, 5) is 22.3. The highest BCUT2D eigenvalue weighted by Gasteiger charge is 2.13. The van der Waals surface area contributed by atoms with Gasteiger partial charge in [0.25, 0.3) is 0 Å². The lowest BCUT2D eigenvalue weighted by molar-refractivity contribution is -0.121. The van der Waals surface area contributed by atoms with Crippen LogP contribution in [0.2, 0.25) is 0 Å². The molecule has 0 unspecified atom stereocenters. The van der Waals surface area contributed by atoms with Gasteiger partial charge in [-0.15, -0.1) is 0 Å². The first-order valence-electron chi connectivity index (χ1n) is 4.87. The Morgan fingerprint density at radius 1 is 1.47 bits per heavy atom. The summed E-state index contributed by atoms with van der Waals surface area (Å²) < 4.78 is 18.6. The lowest BCUT2D eigenvalue weighted by atomic mass is 10.2. The van der Waals surface area contributed by atoms with Crippen LogP contribution in [0.5, 0.6) is 0 Å². The van der Waals surface area contributed by atoms with Crippen LogP contribution in [0.1, 0.15) is 16.8 Å². The number of carbonyl (C=O) groups is 2. The van der Waals surface area contributed by atoms with E-state index >= 15 is 0 Å². The number of hydrogen-bond acceptors (Lipinski definition) is 3. The van der Waals surface area contributed by atoms with Crippen molar-refractivity contribution in [1.82, 2.24) is 5.32 Å². The summed E-state index contributed by atoms with van der Waals surface area (Å²) >= 11 is 3.08. The fourth-order valence-electron chi connectivity index (χ4n) is 1.09. The smallest absolute Gasteiger partial charge is 0.341 e. The molecule has 0 fully saturated rings. The van der Waals surface area contributed by atoms with Gasteiger partial charge in [-0.25, -0.2) is 9.18 Å². The van der Waals surface area contributed by atoms with Crippen molar-refractivity contribution in [2.75, 3.05) is 13.7 Å². The topological polar surface area (TPSA) is 55.4 Å². The Balaban J connectivity index is 2.55. The average molecular weight is 304 g/mol. The summed E-state index contributed by atoms with van der Waals surface area (Å²) in [7, 11) is 1.48. The van der Waals surface area contributed by atoms with Crippen LogP contribution in [-0.4, -0.2) is 25.5 Å². The summed E-state index contributed by atoms with van der Waals surface area (Å²) in [5.74, 6) is -1.68. The Bertz CT molecular complexity index is 437. The second-order valence-electron chi connectivity index (χ2n) is 3.18. The highest BCUT2D eigenvalue weighted by molar-refractivity contribution is 9.10. The molecule has 17 heavy (non-hydrogen) atoms. The first kappa shape index (κ1) is 13.6. The van der Waals surface area contributed by atoms with Crippen LogP contribution in [0, 0.1) is 5.82 Å². The molecule has 0 aliphatic heterocycles. The first-order valence-corrected chi connectivity index (χ1v) is 5.66. The SMILES string of the molecule is CNC(=O)CCOC(=O)c1ccc(Br)cc1F. The van der Waals surface area contributed by atoms with Crippen molar-refractivity contribution < 1.29 is 18.7 Å². The van der Waals surface area contributed by atoms with E-state index in [2.05, 4.69) is 21.2 Å². The van der Waals surface area contributed by atoms with Crippen molar-refractivity contribution in [3.8, 4) is 0 Å². The minimum absolute atomic E-state index is 0.0559. The third kappa shape index (κ3) is 4.14. The Morgan fingerprint density at radius 3 is 2.76 bits per heavy atom. The summed E-state index contributed by atoms with van der Waals surface area (Å²) in [6.45, 7) is -0.0754. The van der Waals surface area contributed by atoms with Gasteiger partial charge >= 0.3 is 5.97 Å². The van der Waals surface area contributed by atoms with Gasteiger partial charge in [0, 0.05) is 11.5 Å². The summed E-state index contributed by atoms with van der Waals surface area (Å²) in [5.41, 5.74) is -0.148. The van der Waals surface area contributed by atoms with E-state index in [-0.39, 0.29) is 24.5 Å². The molecule has 1 aromatic rings. The largest absolute Gasteiger partial charge is 0.461 e. The van der Waals surface area contributed by atoms with Gasteiger partial charge in [0.15, 0.2) is 0 Å². The Labute approximate surface area is 106 Å². The third-order valence-electron chi connectivity index (χ3n) is 1.99. The summed E-state index contributed by atoms with van der Waals surface area (Å²) in [5, 5.41) is 2.39. The molecule has 1 aromatic carbocycles. The number of carbonyl (C=O) groups excluding carboxylic acids is 2. The number of nitrogens with one attached hydrogen (secondary N) is 1. The van der Waals surface area contributed by atoms with Gasteiger partial charge in [-0.2, -0.15) is 0 Å². The molecule has 4 nitrogen and oxygen atoms in total. The van der Waals surface area contributed by atoms with E-state index in [4.69, 9.17) is 4.74 Å². The van der Waals surface area contributed by atoms with Gasteiger partial charge in [-0.05, 0) is 18.2 Å². The molecule has 0 saturated heterocycles. The van der Waals surface area contributed by atoms with Crippen LogP contribution in [-0.2, 0) is 9.53 Å². The number of benzene rings is 1. The molecule has 0 radical (unpaired) electrons. The minimum atomic E-state index is -0.779. The Hall–Kier alpha value is -1.43. The standard InChI is InChI=1S/C11H11BrFNO3/c1-14-10(15)4-5-17-11(16)8-3-2-7(12)6-9(8)13/h2-3,6H,4-5H2,1H3,(H,14,15). The molecule has 0 saturated carbocycles. The van der Waals surface area contributed by atoms with E-state index in [1.165, 1.54) is 19.2 Å². The Kier molecular flexibility index (Phi) is 5.09. The maximum atomic E-state index is 13.3. The molecule has 0 spiro atoms. The van der Waals surface area contributed by atoms with E-state index in [0.717, 1.165) is 0 Å². The Morgan fingerprint density at radius 2 is 2.18 bits per heavy atom. The predicted octanol–water partition coefficient (Wildman–Crippen LogP) is 1.88. The van der Waals surface area contributed by atoms with Crippen LogP contribution in [0.4, 0.5) is 4.39 Å². The highest BCUT2D eigenvalue weighted by atomic mass is 79.9. The maximum absolute atomic E-state index is 13.3. The van der Waals surface area contributed by atoms with Crippen molar-refractivity contribution in [1.29, 1.82) is 0 Å². The van der Waals surface area contributed by atoms with Gasteiger partial charge < -0.3 is 10.1 Å². The second-order valence-corrected chi connectivity index (χ2v) is 4.10. The summed E-state index contributed by atoms with van der Waals surface area (Å²) in [6, 6.07) is 4.04. The summed E-state index contributed by atoms with van der Waals surface area (Å²) in [6.07, 6.45) is 0.0559. The number of hydrogen-bond donors (Lipinski definition) is 1. The van der Waals surface area contributed by atoms with E-state index in [1.807, 2.05) is 0 Å². The molecule has 0 aromatic heterocycles. The zero-order valence-electron chi connectivity index (χ0n) is 9.13. The molecular formula is C11H11BrFNO3. The number of esters is 1. The molecule has 0 bridgehead atoms. The number of ether oxygens (including phenoxy) is 1. The van der Waals surface area contributed by atoms with E-state index in [9.17, 15) is 14.0 Å². The zero-order valence-corrected chi connectivity index (χ0v) is 10.7. The van der Waals surface area contributed by atoms with Gasteiger partial charge in [0.1, 0.15) is 12.4 Å². The van der Waals surface area contributed by atoms with Gasteiger partial charge in [0.2, 0.25) is 5.91 Å². The van der Waals surface area contributed by atoms with Crippen molar-refractivity contribution in [3.63, 3.8) is 0 Å². The van der Waals surface area contributed by atoms with Crippen LogP contribution >= 0.6 is 15.9 Å². The monoisotopic (exact) mass is 303 g/mol. The average Bonchev–Trinajstić information content (AvgIpc) is 2.28. The van der Waals surface area contributed by atoms with Gasteiger partial charge in [-0.1, -0.05) is 15.9 Å². The van der Waals surface area contributed by atoms with E-state index in [0.29, 0.717) is 4.47 Å². The van der Waals surface area contributed by atoms with Crippen molar-refractivity contribution in [3.05, 3.63) is 34.1 Å². The molecular weight excluding hydrogens is 293 g/mol. The molecule has 1 amide bonds. The molecule has 1 N–H and O–H groups in total. The van der Waals surface area contributed by atoms with E-state index < -0.39 is 11.8 Å². The number of halogens is 2. The van der Waals surface area contributed by atoms with E-state index in [1.54, 1.807) is 6.07 Å². The normalized spacial score (nSPS) is 9.82. The van der Waals surface area contributed by atoms with Crippen molar-refractivity contribution in [2.45, 2.75) is 6.42 Å². The van der Waals surface area contributed by atoms with Crippen LogP contribution in [0.3, 0.4) is 0 Å². The molecule has 0 atom stereocenters. The van der Waals surface area contributed by atoms with Gasteiger partial charge in [-0.3, -0.25) is 4.79 Å². The molecule has 6 heteroatoms. The highest BCUT2D eigenvalue weighted by Crippen LogP contribution is 2.16. The fraction of sp³-hybridized carbons (Fsp3) is 0.273. The molecule has 0 heterocycles. The zero-order chi connectivity index (χ0) is 12.8. The quantitative estimate of drug-likeness (QED) is 0.864. The molecule has 0 aliphatic rings. The first-order chi connectivity index (χ1) is 8.04. The number of amides is 1. The number of rotatable bonds is 4. The lowest BCUT2D eigenvalue weighted by Gasteiger charge is -2.05. The second kappa shape index (κ2) is 6.34. The lowest BCUT2D eigenvalue weighted by Crippen LogP contribution is -2.20. The predicted molar refractivity (Wildman–Crippen MR) is 63.1 cm³/mol. The maximum Gasteiger partial charge on any atom is 0.341 e. The van der Waals surface area contributed by atoms with Gasteiger partial charge in [0.05, 0.1) is 12.0 Å². The van der Waals surface area contributed by atoms with Crippen LogP contribution in [0.25, 0.3) is 0 Å². The van der Waals surface area contributed by atoms with Crippen molar-refractivity contribution in [2.24, 2.45) is 0 Å². The van der Waals surface area contributed by atoms with Crippen LogP contribution in [0.15, 0.2) is 22.7 Å². The third-order valence-corrected chi connectivity index (χ3v) is 2.49. The van der Waals surface area contributed by atoms with Crippen LogP contribution < -0.4 is 5.32 Å². The molecule has 0 aliphatic carbocycles. The van der Waals surface area contributed by atoms with Crippen molar-refractivity contribution >= 4 is 27.8 Å². The minimum Gasteiger partial charge on any atom is -0.461 e. The molecule has 1 rings (SSSR count). The molecule has 92 valence electrons.